The summed E-state index contributed by atoms with van der Waals surface area (Å²) in [6, 6.07) is 10.3. The third-order valence-corrected chi connectivity index (χ3v) is 3.58. The number of nitrogens with one attached hydrogen (secondary N) is 1. The summed E-state index contributed by atoms with van der Waals surface area (Å²) in [5.74, 6) is -1.87. The molecule has 0 atom stereocenters. The van der Waals surface area contributed by atoms with Crippen LogP contribution in [0.2, 0.25) is 0 Å². The Kier molecular flexibility index (Phi) is 8.76. The van der Waals surface area contributed by atoms with Gasteiger partial charge in [-0.15, -0.1) is 0 Å². The zero-order chi connectivity index (χ0) is 22.2. The summed E-state index contributed by atoms with van der Waals surface area (Å²) in [5, 5.41) is 2.46. The molecular weight excluding hydrogens is 380 g/mol. The molecule has 0 saturated heterocycles. The molecule has 1 amide bonds. The van der Waals surface area contributed by atoms with E-state index in [0.717, 1.165) is 6.07 Å². The quantitative estimate of drug-likeness (QED) is 0.674. The number of benzene rings is 2. The molecule has 7 heteroatoms. The van der Waals surface area contributed by atoms with E-state index in [4.69, 9.17) is 4.74 Å². The number of rotatable bonds is 4. The Labute approximate surface area is 170 Å². The van der Waals surface area contributed by atoms with Gasteiger partial charge in [0.05, 0.1) is 13.0 Å². The second kappa shape index (κ2) is 10.5. The Hall–Kier alpha value is -2.96. The molecule has 0 aliphatic carbocycles. The Morgan fingerprint density at radius 1 is 1.03 bits per heavy atom. The molecule has 0 aliphatic heterocycles. The number of halogens is 2. The predicted molar refractivity (Wildman–Crippen MR) is 108 cm³/mol. The predicted octanol–water partition coefficient (Wildman–Crippen LogP) is 5.56. The van der Waals surface area contributed by atoms with E-state index < -0.39 is 23.0 Å². The minimum atomic E-state index is -0.886. The first kappa shape index (κ1) is 24.1. The summed E-state index contributed by atoms with van der Waals surface area (Å²) in [4.78, 5) is 22.3. The lowest BCUT2D eigenvalue weighted by Gasteiger charge is -2.20. The van der Waals surface area contributed by atoms with Gasteiger partial charge < -0.3 is 14.8 Å². The number of carbonyl (C=O) groups is 2. The lowest BCUT2D eigenvalue weighted by atomic mass is 9.95. The zero-order valence-electron chi connectivity index (χ0n) is 17.5. The van der Waals surface area contributed by atoms with Gasteiger partial charge in [0.2, 0.25) is 5.91 Å². The molecule has 2 aromatic rings. The van der Waals surface area contributed by atoms with Crippen LogP contribution < -0.4 is 10.1 Å². The number of amides is 1. The van der Waals surface area contributed by atoms with Gasteiger partial charge in [-0.25, -0.2) is 8.78 Å². The Bertz CT molecular complexity index is 831. The molecule has 5 nitrogen and oxygen atoms in total. The van der Waals surface area contributed by atoms with E-state index in [-0.39, 0.29) is 23.3 Å². The van der Waals surface area contributed by atoms with Gasteiger partial charge in [-0.2, -0.15) is 0 Å². The highest BCUT2D eigenvalue weighted by Crippen LogP contribution is 2.34. The molecular formula is C22H27F2NO4. The van der Waals surface area contributed by atoms with E-state index in [1.54, 1.807) is 65.0 Å². The number of hydrogen-bond donors (Lipinski definition) is 1. The van der Waals surface area contributed by atoms with E-state index in [1.807, 2.05) is 0 Å². The molecule has 0 aromatic heterocycles. The number of anilines is 1. The fourth-order valence-corrected chi connectivity index (χ4v) is 1.90. The number of methoxy groups -OCH3 is 1. The smallest absolute Gasteiger partial charge is 0.308 e. The van der Waals surface area contributed by atoms with Gasteiger partial charge in [0.1, 0.15) is 17.3 Å². The number of para-hydroxylation sites is 1. The van der Waals surface area contributed by atoms with Gasteiger partial charge in [0.15, 0.2) is 11.6 Å². The van der Waals surface area contributed by atoms with E-state index in [2.05, 4.69) is 10.1 Å². The molecule has 2 rings (SSSR count). The molecule has 0 saturated carbocycles. The van der Waals surface area contributed by atoms with Crippen LogP contribution in [0.25, 0.3) is 0 Å². The number of esters is 1. The highest BCUT2D eigenvalue weighted by atomic mass is 19.1. The average Bonchev–Trinajstić information content (AvgIpc) is 2.64. The Morgan fingerprint density at radius 2 is 1.62 bits per heavy atom. The molecule has 2 aromatic carbocycles. The van der Waals surface area contributed by atoms with Gasteiger partial charge in [0, 0.05) is 17.5 Å². The molecule has 0 spiro atoms. The first-order chi connectivity index (χ1) is 13.5. The molecule has 29 heavy (non-hydrogen) atoms. The molecule has 0 heterocycles. The first-order valence-corrected chi connectivity index (χ1v) is 9.07. The van der Waals surface area contributed by atoms with Crippen molar-refractivity contribution in [1.82, 2.24) is 0 Å². The summed E-state index contributed by atoms with van der Waals surface area (Å²) in [6.07, 6.45) is 0. The summed E-state index contributed by atoms with van der Waals surface area (Å²) in [5.41, 5.74) is -0.893. The Morgan fingerprint density at radius 3 is 2.07 bits per heavy atom. The normalized spacial score (nSPS) is 10.7. The molecule has 0 aliphatic rings. The highest BCUT2D eigenvalue weighted by Gasteiger charge is 2.24. The first-order valence-electron chi connectivity index (χ1n) is 9.07. The number of hydrogen-bond acceptors (Lipinski definition) is 4. The van der Waals surface area contributed by atoms with Crippen molar-refractivity contribution >= 4 is 17.6 Å². The van der Waals surface area contributed by atoms with Crippen molar-refractivity contribution in [3.05, 3.63) is 54.1 Å². The molecule has 158 valence electrons. The van der Waals surface area contributed by atoms with Crippen molar-refractivity contribution in [1.29, 1.82) is 0 Å². The van der Waals surface area contributed by atoms with E-state index >= 15 is 0 Å². The van der Waals surface area contributed by atoms with Gasteiger partial charge in [-0.3, -0.25) is 9.59 Å². The van der Waals surface area contributed by atoms with E-state index in [1.165, 1.54) is 7.11 Å². The fourth-order valence-electron chi connectivity index (χ4n) is 1.90. The van der Waals surface area contributed by atoms with Gasteiger partial charge in [-0.1, -0.05) is 52.8 Å². The van der Waals surface area contributed by atoms with E-state index in [0.29, 0.717) is 11.8 Å². The summed E-state index contributed by atoms with van der Waals surface area (Å²) < 4.78 is 37.3. The molecule has 0 bridgehead atoms. The topological polar surface area (TPSA) is 64.6 Å². The van der Waals surface area contributed by atoms with Gasteiger partial charge in [0.25, 0.3) is 0 Å². The monoisotopic (exact) mass is 407 g/mol. The molecule has 0 radical (unpaired) electrons. The Balaban J connectivity index is 0.000000516. The van der Waals surface area contributed by atoms with E-state index in [9.17, 15) is 18.4 Å². The van der Waals surface area contributed by atoms with Crippen molar-refractivity contribution in [3.8, 4) is 11.5 Å². The molecule has 0 fully saturated rings. The lowest BCUT2D eigenvalue weighted by Crippen LogP contribution is -2.28. The van der Waals surface area contributed by atoms with Crippen LogP contribution >= 0.6 is 0 Å². The second-order valence-corrected chi connectivity index (χ2v) is 7.56. The zero-order valence-corrected chi connectivity index (χ0v) is 17.5. The van der Waals surface area contributed by atoms with Crippen LogP contribution in [0.1, 0.15) is 34.6 Å². The van der Waals surface area contributed by atoms with Crippen LogP contribution in [0.3, 0.4) is 0 Å². The van der Waals surface area contributed by atoms with Crippen LogP contribution in [0.4, 0.5) is 14.5 Å². The van der Waals surface area contributed by atoms with Crippen LogP contribution in [-0.4, -0.2) is 19.0 Å². The SMILES string of the molecule is CC(C)(C)C(=O)Nc1c(F)cc(F)cc1Oc1ccccc1.COC(=O)C(C)C. The van der Waals surface area contributed by atoms with Crippen LogP contribution in [0.15, 0.2) is 42.5 Å². The summed E-state index contributed by atoms with van der Waals surface area (Å²) in [7, 11) is 1.39. The minimum absolute atomic E-state index is 0.00463. The second-order valence-electron chi connectivity index (χ2n) is 7.56. The number of ether oxygens (including phenoxy) is 2. The van der Waals surface area contributed by atoms with Gasteiger partial charge in [-0.05, 0) is 12.1 Å². The fraction of sp³-hybridized carbons (Fsp3) is 0.364. The summed E-state index contributed by atoms with van der Waals surface area (Å²) >= 11 is 0. The third kappa shape index (κ3) is 7.89. The van der Waals surface area contributed by atoms with Crippen molar-refractivity contribution in [2.24, 2.45) is 11.3 Å². The standard InChI is InChI=1S/C17H17F2NO2.C5H10O2/c1-17(2,3)16(21)20-15-13(19)9-11(18)10-14(15)22-12-7-5-4-6-8-12;1-4(2)5(6)7-3/h4-10H,1-3H3,(H,20,21);4H,1-3H3. The minimum Gasteiger partial charge on any atom is -0.469 e. The highest BCUT2D eigenvalue weighted by molar-refractivity contribution is 5.96. The van der Waals surface area contributed by atoms with Crippen LogP contribution in [-0.2, 0) is 14.3 Å². The number of carbonyl (C=O) groups excluding carboxylic acids is 2. The largest absolute Gasteiger partial charge is 0.469 e. The molecule has 0 unspecified atom stereocenters. The van der Waals surface area contributed by atoms with Crippen LogP contribution in [0.5, 0.6) is 11.5 Å². The van der Waals surface area contributed by atoms with Crippen molar-refractivity contribution < 1.29 is 27.8 Å². The lowest BCUT2D eigenvalue weighted by molar-refractivity contribution is -0.144. The average molecular weight is 407 g/mol. The van der Waals surface area contributed by atoms with Crippen molar-refractivity contribution in [2.75, 3.05) is 12.4 Å². The maximum atomic E-state index is 14.0. The molecule has 1 N–H and O–H groups in total. The van der Waals surface area contributed by atoms with Crippen molar-refractivity contribution in [2.45, 2.75) is 34.6 Å². The summed E-state index contributed by atoms with van der Waals surface area (Å²) in [6.45, 7) is 8.68. The van der Waals surface area contributed by atoms with Crippen LogP contribution in [0, 0.1) is 23.0 Å². The van der Waals surface area contributed by atoms with Gasteiger partial charge >= 0.3 is 5.97 Å². The van der Waals surface area contributed by atoms with Crippen molar-refractivity contribution in [3.63, 3.8) is 0 Å². The maximum Gasteiger partial charge on any atom is 0.308 e. The third-order valence-electron chi connectivity index (χ3n) is 3.58. The maximum absolute atomic E-state index is 14.0.